The van der Waals surface area contributed by atoms with E-state index in [-0.39, 0.29) is 22.8 Å². The Balaban J connectivity index is 1.49. The fraction of sp³-hybridized carbons (Fsp3) is 0.320. The fourth-order valence-electron chi connectivity index (χ4n) is 5.25. The van der Waals surface area contributed by atoms with E-state index in [4.69, 9.17) is 0 Å². The van der Waals surface area contributed by atoms with Crippen molar-refractivity contribution >= 4 is 22.3 Å². The molecule has 0 bridgehead atoms. The van der Waals surface area contributed by atoms with Crippen molar-refractivity contribution in [3.05, 3.63) is 66.0 Å². The highest BCUT2D eigenvalue weighted by Gasteiger charge is 2.38. The summed E-state index contributed by atoms with van der Waals surface area (Å²) < 4.78 is 42.9. The van der Waals surface area contributed by atoms with Gasteiger partial charge in [0.2, 0.25) is 0 Å². The van der Waals surface area contributed by atoms with Crippen LogP contribution in [0, 0.1) is 0 Å². The molecule has 2 fully saturated rings. The number of alkyl halides is 3. The second kappa shape index (κ2) is 7.80. The van der Waals surface area contributed by atoms with Crippen LogP contribution in [-0.2, 0) is 6.18 Å². The second-order valence-electron chi connectivity index (χ2n) is 8.93. The van der Waals surface area contributed by atoms with Crippen LogP contribution in [0.15, 0.2) is 54.7 Å². The van der Waals surface area contributed by atoms with E-state index in [1.807, 2.05) is 30.3 Å². The minimum atomic E-state index is -4.66. The molecule has 2 aromatic carbocycles. The van der Waals surface area contributed by atoms with Gasteiger partial charge in [-0.2, -0.15) is 18.3 Å². The van der Waals surface area contributed by atoms with Crippen LogP contribution in [0.1, 0.15) is 28.9 Å². The van der Waals surface area contributed by atoms with Crippen LogP contribution >= 0.6 is 0 Å². The normalized spacial score (nSPS) is 19.1. The first-order chi connectivity index (χ1) is 16.4. The number of aromatic nitrogens is 3. The molecule has 1 atom stereocenters. The molecule has 4 aromatic rings. The third-order valence-electron chi connectivity index (χ3n) is 6.93. The molecule has 2 aliphatic rings. The summed E-state index contributed by atoms with van der Waals surface area (Å²) in [6.45, 7) is 2.93. The number of rotatable bonds is 2. The number of nitrogens with zero attached hydrogens (tertiary/aromatic N) is 5. The molecular formula is C25H22F3N5O. The van der Waals surface area contributed by atoms with Crippen LogP contribution < -0.4 is 0 Å². The smallest absolute Gasteiger partial charge is 0.336 e. The van der Waals surface area contributed by atoms with Crippen LogP contribution in [0.25, 0.3) is 27.7 Å². The van der Waals surface area contributed by atoms with Gasteiger partial charge in [-0.25, -0.2) is 9.50 Å². The lowest BCUT2D eigenvalue weighted by molar-refractivity contribution is -0.142. The topological polar surface area (TPSA) is 53.7 Å². The van der Waals surface area contributed by atoms with Crippen molar-refractivity contribution in [3.8, 4) is 11.3 Å². The maximum Gasteiger partial charge on any atom is 0.433 e. The Labute approximate surface area is 193 Å². The molecule has 1 amide bonds. The Bertz CT molecular complexity index is 1410. The van der Waals surface area contributed by atoms with E-state index in [0.29, 0.717) is 24.7 Å². The molecule has 0 aliphatic carbocycles. The quantitative estimate of drug-likeness (QED) is 0.438. The van der Waals surface area contributed by atoms with E-state index in [1.54, 1.807) is 17.0 Å². The van der Waals surface area contributed by atoms with Crippen molar-refractivity contribution < 1.29 is 18.0 Å². The van der Waals surface area contributed by atoms with Gasteiger partial charge in [0.15, 0.2) is 11.3 Å². The van der Waals surface area contributed by atoms with Gasteiger partial charge in [0, 0.05) is 31.2 Å². The van der Waals surface area contributed by atoms with Gasteiger partial charge in [-0.15, -0.1) is 0 Å². The molecule has 4 heterocycles. The molecule has 2 aromatic heterocycles. The second-order valence-corrected chi connectivity index (χ2v) is 8.93. The van der Waals surface area contributed by atoms with Gasteiger partial charge in [-0.05, 0) is 36.2 Å². The van der Waals surface area contributed by atoms with Gasteiger partial charge in [-0.3, -0.25) is 9.69 Å². The minimum Gasteiger partial charge on any atom is -0.336 e. The fourth-order valence-corrected chi connectivity index (χ4v) is 5.25. The average Bonchev–Trinajstić information content (AvgIpc) is 3.48. The standard InChI is InChI=1S/C25H22F3N5O/c26-25(27,28)22-13-21(19-9-3-6-16-5-1-2-8-18(16)19)30-23-20(14-29-33(22)23)24(34)32-12-11-31-10-4-7-17(31)15-32/h1-3,5-6,8-9,13-14,17H,4,7,10-12,15H2/t17-/m1/s1. The molecule has 174 valence electrons. The molecule has 6 nitrogen and oxygen atoms in total. The summed E-state index contributed by atoms with van der Waals surface area (Å²) in [5, 5.41) is 5.63. The predicted octanol–water partition coefficient (Wildman–Crippen LogP) is 4.49. The first-order valence-corrected chi connectivity index (χ1v) is 11.4. The Morgan fingerprint density at radius 3 is 2.71 bits per heavy atom. The van der Waals surface area contributed by atoms with Gasteiger partial charge < -0.3 is 4.90 Å². The van der Waals surface area contributed by atoms with E-state index in [1.165, 1.54) is 6.20 Å². The number of fused-ring (bicyclic) bond motifs is 3. The van der Waals surface area contributed by atoms with Gasteiger partial charge in [0.25, 0.3) is 5.91 Å². The molecule has 0 unspecified atom stereocenters. The van der Waals surface area contributed by atoms with Crippen molar-refractivity contribution in [2.24, 2.45) is 0 Å². The lowest BCUT2D eigenvalue weighted by Gasteiger charge is -2.37. The Kier molecular flexibility index (Phi) is 4.84. The highest BCUT2D eigenvalue weighted by Crippen LogP contribution is 2.35. The van der Waals surface area contributed by atoms with Gasteiger partial charge >= 0.3 is 6.18 Å². The zero-order valence-electron chi connectivity index (χ0n) is 18.3. The summed E-state index contributed by atoms with van der Waals surface area (Å²) in [5.74, 6) is -0.322. The van der Waals surface area contributed by atoms with Crippen molar-refractivity contribution in [2.45, 2.75) is 25.1 Å². The van der Waals surface area contributed by atoms with Crippen LogP contribution in [0.4, 0.5) is 13.2 Å². The highest BCUT2D eigenvalue weighted by atomic mass is 19.4. The van der Waals surface area contributed by atoms with Crippen molar-refractivity contribution in [2.75, 3.05) is 26.2 Å². The summed E-state index contributed by atoms with van der Waals surface area (Å²) in [6, 6.07) is 14.2. The molecular weight excluding hydrogens is 443 g/mol. The van der Waals surface area contributed by atoms with Gasteiger partial charge in [0.05, 0.1) is 11.9 Å². The Hall–Kier alpha value is -3.46. The monoisotopic (exact) mass is 465 g/mol. The maximum atomic E-state index is 14.1. The number of carbonyl (C=O) groups excluding carboxylic acids is 1. The highest BCUT2D eigenvalue weighted by molar-refractivity contribution is 6.01. The van der Waals surface area contributed by atoms with Gasteiger partial charge in [0.1, 0.15) is 5.56 Å². The first-order valence-electron chi connectivity index (χ1n) is 11.4. The molecule has 0 spiro atoms. The largest absolute Gasteiger partial charge is 0.433 e. The summed E-state index contributed by atoms with van der Waals surface area (Å²) in [7, 11) is 0. The SMILES string of the molecule is O=C(c1cnn2c(C(F)(F)F)cc(-c3cccc4ccccc34)nc12)N1CCN2CCC[C@@H]2C1. The number of hydrogen-bond donors (Lipinski definition) is 0. The predicted molar refractivity (Wildman–Crippen MR) is 121 cm³/mol. The maximum absolute atomic E-state index is 14.1. The molecule has 9 heteroatoms. The summed E-state index contributed by atoms with van der Waals surface area (Å²) >= 11 is 0. The number of hydrogen-bond acceptors (Lipinski definition) is 4. The molecule has 0 N–H and O–H groups in total. The van der Waals surface area contributed by atoms with E-state index < -0.39 is 11.9 Å². The van der Waals surface area contributed by atoms with E-state index in [0.717, 1.165) is 47.3 Å². The molecule has 0 radical (unpaired) electrons. The first kappa shape index (κ1) is 21.1. The molecule has 2 aliphatic heterocycles. The van der Waals surface area contributed by atoms with Crippen molar-refractivity contribution in [1.82, 2.24) is 24.4 Å². The lowest BCUT2D eigenvalue weighted by atomic mass is 10.0. The molecule has 6 rings (SSSR count). The van der Waals surface area contributed by atoms with Crippen LogP contribution in [0.3, 0.4) is 0 Å². The number of halogens is 3. The van der Waals surface area contributed by atoms with Crippen LogP contribution in [0.5, 0.6) is 0 Å². The molecule has 34 heavy (non-hydrogen) atoms. The molecule has 0 saturated carbocycles. The number of amides is 1. The minimum absolute atomic E-state index is 0.0726. The van der Waals surface area contributed by atoms with Crippen LogP contribution in [0.2, 0.25) is 0 Å². The van der Waals surface area contributed by atoms with E-state index >= 15 is 0 Å². The average molecular weight is 465 g/mol. The zero-order chi connectivity index (χ0) is 23.4. The summed E-state index contributed by atoms with van der Waals surface area (Å²) in [6.07, 6.45) is -1.31. The van der Waals surface area contributed by atoms with Gasteiger partial charge in [-0.1, -0.05) is 42.5 Å². The third kappa shape index (κ3) is 3.42. The number of benzene rings is 2. The Morgan fingerprint density at radius 1 is 1.03 bits per heavy atom. The van der Waals surface area contributed by atoms with Crippen molar-refractivity contribution in [1.29, 1.82) is 0 Å². The van der Waals surface area contributed by atoms with Crippen molar-refractivity contribution in [3.63, 3.8) is 0 Å². The van der Waals surface area contributed by atoms with Crippen LogP contribution in [-0.4, -0.2) is 62.5 Å². The summed E-state index contributed by atoms with van der Waals surface area (Å²) in [5.41, 5.74) is -0.201. The zero-order valence-corrected chi connectivity index (χ0v) is 18.3. The van der Waals surface area contributed by atoms with E-state index in [2.05, 4.69) is 15.0 Å². The molecule has 2 saturated heterocycles. The Morgan fingerprint density at radius 2 is 1.85 bits per heavy atom. The number of carbonyl (C=O) groups is 1. The number of piperazine rings is 1. The summed E-state index contributed by atoms with van der Waals surface area (Å²) in [4.78, 5) is 22.1. The lowest BCUT2D eigenvalue weighted by Crippen LogP contribution is -2.52. The third-order valence-corrected chi connectivity index (χ3v) is 6.93. The van der Waals surface area contributed by atoms with E-state index in [9.17, 15) is 18.0 Å².